The Bertz CT molecular complexity index is 1310. The van der Waals surface area contributed by atoms with Gasteiger partial charge in [-0.15, -0.1) is 0 Å². The highest BCUT2D eigenvalue weighted by atomic mass is 35.5. The summed E-state index contributed by atoms with van der Waals surface area (Å²) in [5.74, 6) is -0.562. The third kappa shape index (κ3) is 3.95. The summed E-state index contributed by atoms with van der Waals surface area (Å²) in [4.78, 5) is 30.5. The van der Waals surface area contributed by atoms with Gasteiger partial charge in [-0.25, -0.2) is 4.98 Å². The molecule has 0 bridgehead atoms. The lowest BCUT2D eigenvalue weighted by Crippen LogP contribution is -2.30. The maximum Gasteiger partial charge on any atom is 0.265 e. The first kappa shape index (κ1) is 20.1. The van der Waals surface area contributed by atoms with Gasteiger partial charge in [0.25, 0.3) is 11.5 Å². The van der Waals surface area contributed by atoms with E-state index in [1.165, 1.54) is 4.57 Å². The van der Waals surface area contributed by atoms with Crippen LogP contribution in [0.1, 0.15) is 21.5 Å². The fourth-order valence-electron chi connectivity index (χ4n) is 3.18. The SMILES string of the molecule is Cc1ccc(Cn2c(=O)c(C(=O)Nc3cccc(Cl)c3Cl)cc3cccnc32)cc1. The standard InChI is InChI=1S/C23H17Cl2N3O2/c1-14-7-9-15(10-8-14)13-28-21-16(4-3-11-26-21)12-17(23(28)30)22(29)27-19-6-2-5-18(24)20(19)25/h2-12H,13H2,1H3,(H,27,29). The van der Waals surface area contributed by atoms with Gasteiger partial charge in [-0.05, 0) is 42.8 Å². The van der Waals surface area contributed by atoms with Gasteiger partial charge in [0, 0.05) is 11.6 Å². The Kier molecular flexibility index (Phi) is 5.57. The predicted octanol–water partition coefficient (Wildman–Crippen LogP) is 5.31. The number of pyridine rings is 2. The number of nitrogens with zero attached hydrogens (tertiary/aromatic N) is 2. The van der Waals surface area contributed by atoms with Crippen LogP contribution in [0.15, 0.2) is 71.7 Å². The van der Waals surface area contributed by atoms with Crippen molar-refractivity contribution < 1.29 is 4.79 Å². The van der Waals surface area contributed by atoms with Gasteiger partial charge in [0.05, 0.1) is 22.3 Å². The van der Waals surface area contributed by atoms with Crippen molar-refractivity contribution in [2.75, 3.05) is 5.32 Å². The van der Waals surface area contributed by atoms with Crippen LogP contribution in [0.2, 0.25) is 10.0 Å². The van der Waals surface area contributed by atoms with Crippen LogP contribution >= 0.6 is 23.2 Å². The Morgan fingerprint density at radius 2 is 1.83 bits per heavy atom. The van der Waals surface area contributed by atoms with Crippen LogP contribution in [0.5, 0.6) is 0 Å². The zero-order valence-corrected chi connectivity index (χ0v) is 17.5. The molecule has 7 heteroatoms. The number of fused-ring (bicyclic) bond motifs is 1. The summed E-state index contributed by atoms with van der Waals surface area (Å²) in [6.45, 7) is 2.30. The molecule has 4 aromatic rings. The molecular formula is C23H17Cl2N3O2. The molecule has 0 aliphatic carbocycles. The molecule has 2 heterocycles. The smallest absolute Gasteiger partial charge is 0.265 e. The van der Waals surface area contributed by atoms with Crippen LogP contribution in [0.3, 0.4) is 0 Å². The van der Waals surface area contributed by atoms with Gasteiger partial charge < -0.3 is 5.32 Å². The highest BCUT2D eigenvalue weighted by molar-refractivity contribution is 6.44. The number of carbonyl (C=O) groups is 1. The summed E-state index contributed by atoms with van der Waals surface area (Å²) in [5, 5.41) is 3.90. The van der Waals surface area contributed by atoms with Crippen molar-refractivity contribution in [3.05, 3.63) is 104 Å². The zero-order valence-electron chi connectivity index (χ0n) is 16.0. The molecule has 0 aliphatic rings. The fourth-order valence-corrected chi connectivity index (χ4v) is 3.53. The number of amides is 1. The van der Waals surface area contributed by atoms with E-state index in [1.54, 1.807) is 36.5 Å². The lowest BCUT2D eigenvalue weighted by atomic mass is 10.1. The molecule has 4 rings (SSSR count). The lowest BCUT2D eigenvalue weighted by Gasteiger charge is -2.13. The molecule has 30 heavy (non-hydrogen) atoms. The third-order valence-corrected chi connectivity index (χ3v) is 5.57. The van der Waals surface area contributed by atoms with E-state index in [9.17, 15) is 9.59 Å². The molecule has 0 saturated heterocycles. The molecule has 0 atom stereocenters. The van der Waals surface area contributed by atoms with E-state index in [2.05, 4.69) is 10.3 Å². The van der Waals surface area contributed by atoms with E-state index in [1.807, 2.05) is 37.3 Å². The van der Waals surface area contributed by atoms with Crippen molar-refractivity contribution in [1.82, 2.24) is 9.55 Å². The van der Waals surface area contributed by atoms with Gasteiger partial charge in [-0.1, -0.05) is 59.1 Å². The molecule has 2 aromatic heterocycles. The Labute approximate surface area is 182 Å². The van der Waals surface area contributed by atoms with Gasteiger partial charge >= 0.3 is 0 Å². The summed E-state index contributed by atoms with van der Waals surface area (Å²) < 4.78 is 1.51. The average molecular weight is 438 g/mol. The summed E-state index contributed by atoms with van der Waals surface area (Å²) in [7, 11) is 0. The first-order chi connectivity index (χ1) is 14.4. The van der Waals surface area contributed by atoms with Crippen LogP contribution in [0.4, 0.5) is 5.69 Å². The van der Waals surface area contributed by atoms with E-state index in [-0.39, 0.29) is 10.6 Å². The second-order valence-corrected chi connectivity index (χ2v) is 7.69. The van der Waals surface area contributed by atoms with Gasteiger partial charge in [-0.2, -0.15) is 0 Å². The predicted molar refractivity (Wildman–Crippen MR) is 121 cm³/mol. The molecule has 0 unspecified atom stereocenters. The van der Waals surface area contributed by atoms with E-state index in [0.717, 1.165) is 11.1 Å². The minimum Gasteiger partial charge on any atom is -0.320 e. The number of aromatic nitrogens is 2. The highest BCUT2D eigenvalue weighted by Gasteiger charge is 2.18. The molecule has 0 fully saturated rings. The van der Waals surface area contributed by atoms with Gasteiger partial charge in [-0.3, -0.25) is 14.2 Å². The zero-order chi connectivity index (χ0) is 21.3. The van der Waals surface area contributed by atoms with E-state index >= 15 is 0 Å². The van der Waals surface area contributed by atoms with Crippen molar-refractivity contribution in [3.63, 3.8) is 0 Å². The maximum atomic E-state index is 13.2. The van der Waals surface area contributed by atoms with Crippen LogP contribution in [-0.2, 0) is 6.54 Å². The Balaban J connectivity index is 1.79. The number of benzene rings is 2. The van der Waals surface area contributed by atoms with Crippen molar-refractivity contribution in [2.45, 2.75) is 13.5 Å². The summed E-state index contributed by atoms with van der Waals surface area (Å²) in [5.41, 5.74) is 2.48. The molecule has 2 aromatic carbocycles. The molecule has 150 valence electrons. The molecule has 5 nitrogen and oxygen atoms in total. The van der Waals surface area contributed by atoms with Crippen molar-refractivity contribution >= 4 is 45.8 Å². The number of halogens is 2. The van der Waals surface area contributed by atoms with Gasteiger partial charge in [0.2, 0.25) is 0 Å². The van der Waals surface area contributed by atoms with Gasteiger partial charge in [0.1, 0.15) is 11.2 Å². The van der Waals surface area contributed by atoms with E-state index in [4.69, 9.17) is 23.2 Å². The highest BCUT2D eigenvalue weighted by Crippen LogP contribution is 2.29. The van der Waals surface area contributed by atoms with Crippen LogP contribution in [0, 0.1) is 6.92 Å². The molecule has 0 spiro atoms. The Hall–Kier alpha value is -3.15. The number of aryl methyl sites for hydroxylation is 1. The number of hydrogen-bond donors (Lipinski definition) is 1. The summed E-state index contributed by atoms with van der Waals surface area (Å²) >= 11 is 12.2. The third-order valence-electron chi connectivity index (χ3n) is 4.75. The van der Waals surface area contributed by atoms with Crippen LogP contribution in [-0.4, -0.2) is 15.5 Å². The minimum absolute atomic E-state index is 0.00125. The second-order valence-electron chi connectivity index (χ2n) is 6.91. The summed E-state index contributed by atoms with van der Waals surface area (Å²) in [6, 6.07) is 17.9. The average Bonchev–Trinajstić information content (AvgIpc) is 2.74. The van der Waals surface area contributed by atoms with Crippen molar-refractivity contribution in [2.24, 2.45) is 0 Å². The molecule has 0 saturated carbocycles. The van der Waals surface area contributed by atoms with Crippen LogP contribution in [0.25, 0.3) is 11.0 Å². The minimum atomic E-state index is -0.562. The molecule has 0 aliphatic heterocycles. The molecular weight excluding hydrogens is 421 g/mol. The molecule has 1 amide bonds. The Morgan fingerprint density at radius 3 is 2.60 bits per heavy atom. The number of hydrogen-bond acceptors (Lipinski definition) is 3. The largest absolute Gasteiger partial charge is 0.320 e. The van der Waals surface area contributed by atoms with Crippen molar-refractivity contribution in [1.29, 1.82) is 0 Å². The normalized spacial score (nSPS) is 10.9. The number of nitrogens with one attached hydrogen (secondary N) is 1. The van der Waals surface area contributed by atoms with Gasteiger partial charge in [0.15, 0.2) is 0 Å². The van der Waals surface area contributed by atoms with E-state index in [0.29, 0.717) is 28.3 Å². The topological polar surface area (TPSA) is 64.0 Å². The van der Waals surface area contributed by atoms with Crippen molar-refractivity contribution in [3.8, 4) is 0 Å². The quantitative estimate of drug-likeness (QED) is 0.470. The first-order valence-electron chi connectivity index (χ1n) is 9.23. The lowest BCUT2D eigenvalue weighted by molar-refractivity contribution is 0.102. The second kappa shape index (κ2) is 8.30. The fraction of sp³-hybridized carbons (Fsp3) is 0.0870. The number of carbonyl (C=O) groups excluding carboxylic acids is 1. The Morgan fingerprint density at radius 1 is 1.07 bits per heavy atom. The first-order valence-corrected chi connectivity index (χ1v) is 9.99. The number of rotatable bonds is 4. The maximum absolute atomic E-state index is 13.2. The monoisotopic (exact) mass is 437 g/mol. The van der Waals surface area contributed by atoms with E-state index < -0.39 is 11.5 Å². The number of anilines is 1. The molecule has 0 radical (unpaired) electrons. The molecule has 1 N–H and O–H groups in total. The van der Waals surface area contributed by atoms with Crippen LogP contribution < -0.4 is 10.9 Å². The summed E-state index contributed by atoms with van der Waals surface area (Å²) in [6.07, 6.45) is 1.62.